The van der Waals surface area contributed by atoms with Crippen LogP contribution < -0.4 is 10.0 Å². The van der Waals surface area contributed by atoms with Crippen LogP contribution in [0.4, 0.5) is 5.00 Å². The van der Waals surface area contributed by atoms with Gasteiger partial charge in [0.25, 0.3) is 5.91 Å². The molecule has 0 fully saturated rings. The average molecular weight is 535 g/mol. The number of nitrogens with one attached hydrogen (secondary N) is 2. The molecule has 184 valence electrons. The van der Waals surface area contributed by atoms with Crippen molar-refractivity contribution in [1.82, 2.24) is 4.72 Å². The molecule has 0 spiro atoms. The van der Waals surface area contributed by atoms with Crippen molar-refractivity contribution in [1.29, 1.82) is 0 Å². The lowest BCUT2D eigenvalue weighted by Gasteiger charge is -2.09. The van der Waals surface area contributed by atoms with Crippen LogP contribution in [0.25, 0.3) is 16.5 Å². The Morgan fingerprint density at radius 3 is 2.49 bits per heavy atom. The van der Waals surface area contributed by atoms with Gasteiger partial charge in [-0.15, -0.1) is 22.7 Å². The van der Waals surface area contributed by atoms with Crippen LogP contribution in [-0.2, 0) is 29.1 Å². The van der Waals surface area contributed by atoms with Crippen LogP contribution in [0, 0.1) is 0 Å². The van der Waals surface area contributed by atoms with E-state index < -0.39 is 41.0 Å². The summed E-state index contributed by atoms with van der Waals surface area (Å²) in [4.78, 5) is 37.6. The fraction of sp³-hybridized carbons (Fsp3) is 0.174. The lowest BCUT2D eigenvalue weighted by Crippen LogP contribution is -2.31. The fourth-order valence-electron chi connectivity index (χ4n) is 2.77. The summed E-state index contributed by atoms with van der Waals surface area (Å²) in [7, 11) is -3.88. The van der Waals surface area contributed by atoms with Gasteiger partial charge in [0.1, 0.15) is 17.1 Å². The lowest BCUT2D eigenvalue weighted by atomic mass is 10.1. The maximum absolute atomic E-state index is 12.5. The molecule has 35 heavy (non-hydrogen) atoms. The topological polar surface area (TPSA) is 128 Å². The average Bonchev–Trinajstić information content (AvgIpc) is 3.51. The van der Waals surface area contributed by atoms with Gasteiger partial charge in [-0.1, -0.05) is 36.4 Å². The summed E-state index contributed by atoms with van der Waals surface area (Å²) in [5, 5.41) is 7.35. The molecule has 0 radical (unpaired) electrons. The summed E-state index contributed by atoms with van der Waals surface area (Å²) < 4.78 is 36.1. The van der Waals surface area contributed by atoms with Gasteiger partial charge >= 0.3 is 11.9 Å². The lowest BCUT2D eigenvalue weighted by molar-refractivity contribution is -0.146. The van der Waals surface area contributed by atoms with Gasteiger partial charge in [0.2, 0.25) is 10.0 Å². The smallest absolute Gasteiger partial charge is 0.341 e. The summed E-state index contributed by atoms with van der Waals surface area (Å²) >= 11 is 2.58. The number of carbonyl (C=O) groups excluding carboxylic acids is 3. The molecule has 12 heteroatoms. The number of esters is 2. The number of carbonyl (C=O) groups is 3. The molecule has 0 saturated carbocycles. The second-order valence-electron chi connectivity index (χ2n) is 6.84. The highest BCUT2D eigenvalue weighted by Gasteiger charge is 2.23. The van der Waals surface area contributed by atoms with Crippen molar-refractivity contribution in [2.45, 2.75) is 6.92 Å². The molecule has 2 aromatic heterocycles. The van der Waals surface area contributed by atoms with E-state index in [-0.39, 0.29) is 17.2 Å². The van der Waals surface area contributed by atoms with Gasteiger partial charge in [-0.05, 0) is 30.0 Å². The standard InChI is InChI=1S/C23H22N2O7S3/c1-2-31-23(28)21-17(18-9-6-11-33-18)15-34-22(21)25-19(26)14-32-20(27)13-24-35(29,30)12-10-16-7-4-3-5-8-16/h3-12,15,24H,2,13-14H2,1H3,(H,25,26). The Kier molecular flexibility index (Phi) is 9.32. The van der Waals surface area contributed by atoms with Crippen LogP contribution in [-0.4, -0.2) is 46.0 Å². The molecule has 1 aromatic carbocycles. The van der Waals surface area contributed by atoms with E-state index in [9.17, 15) is 22.8 Å². The number of hydrogen-bond acceptors (Lipinski definition) is 9. The molecule has 1 amide bonds. The monoisotopic (exact) mass is 534 g/mol. The molecule has 2 heterocycles. The number of rotatable bonds is 11. The third-order valence-corrected chi connectivity index (χ3v) is 7.17. The predicted molar refractivity (Wildman–Crippen MR) is 136 cm³/mol. The van der Waals surface area contributed by atoms with E-state index in [1.807, 2.05) is 17.5 Å². The highest BCUT2D eigenvalue weighted by molar-refractivity contribution is 7.92. The van der Waals surface area contributed by atoms with Gasteiger partial charge < -0.3 is 14.8 Å². The maximum atomic E-state index is 12.5. The fourth-order valence-corrected chi connectivity index (χ4v) is 5.31. The zero-order valence-corrected chi connectivity index (χ0v) is 21.0. The summed E-state index contributed by atoms with van der Waals surface area (Å²) in [5.74, 6) is -2.20. The van der Waals surface area contributed by atoms with Crippen LogP contribution in [0.1, 0.15) is 22.8 Å². The minimum Gasteiger partial charge on any atom is -0.462 e. The van der Waals surface area contributed by atoms with Crippen molar-refractivity contribution < 1.29 is 32.3 Å². The number of amides is 1. The van der Waals surface area contributed by atoms with Crippen LogP contribution >= 0.6 is 22.7 Å². The van der Waals surface area contributed by atoms with E-state index in [0.717, 1.165) is 21.6 Å². The van der Waals surface area contributed by atoms with Crippen molar-refractivity contribution in [2.75, 3.05) is 25.1 Å². The molecular weight excluding hydrogens is 512 g/mol. The molecule has 0 atom stereocenters. The number of sulfonamides is 1. The van der Waals surface area contributed by atoms with E-state index in [4.69, 9.17) is 9.47 Å². The van der Waals surface area contributed by atoms with E-state index in [2.05, 4.69) is 10.0 Å². The third-order valence-electron chi connectivity index (χ3n) is 4.33. The predicted octanol–water partition coefficient (Wildman–Crippen LogP) is 3.73. The largest absolute Gasteiger partial charge is 0.462 e. The maximum Gasteiger partial charge on any atom is 0.341 e. The number of ether oxygens (including phenoxy) is 2. The summed E-state index contributed by atoms with van der Waals surface area (Å²) in [6.45, 7) is 0.539. The molecule has 0 aliphatic heterocycles. The summed E-state index contributed by atoms with van der Waals surface area (Å²) in [6, 6.07) is 12.5. The molecule has 0 aliphatic rings. The highest BCUT2D eigenvalue weighted by atomic mass is 32.2. The molecular formula is C23H22N2O7S3. The number of thiophene rings is 2. The van der Waals surface area contributed by atoms with Gasteiger partial charge in [-0.3, -0.25) is 9.59 Å². The van der Waals surface area contributed by atoms with Gasteiger partial charge in [0.05, 0.1) is 6.61 Å². The first-order chi connectivity index (χ1) is 16.8. The quantitative estimate of drug-likeness (QED) is 0.359. The van der Waals surface area contributed by atoms with E-state index >= 15 is 0 Å². The second kappa shape index (κ2) is 12.4. The zero-order chi connectivity index (χ0) is 25.3. The normalized spacial score (nSPS) is 11.3. The molecule has 2 N–H and O–H groups in total. The van der Waals surface area contributed by atoms with Gasteiger partial charge in [-0.2, -0.15) is 0 Å². The highest BCUT2D eigenvalue weighted by Crippen LogP contribution is 2.38. The van der Waals surface area contributed by atoms with Gasteiger partial charge in [0.15, 0.2) is 6.61 Å². The molecule has 3 rings (SSSR count). The Balaban J connectivity index is 1.54. The molecule has 9 nitrogen and oxygen atoms in total. The summed E-state index contributed by atoms with van der Waals surface area (Å²) in [6.07, 6.45) is 1.38. The van der Waals surface area contributed by atoms with E-state index in [0.29, 0.717) is 11.1 Å². The Bertz CT molecular complexity index is 1300. The SMILES string of the molecule is CCOC(=O)c1c(-c2cccs2)csc1NC(=O)COC(=O)CNS(=O)(=O)C=Cc1ccccc1. The van der Waals surface area contributed by atoms with Gasteiger partial charge in [-0.25, -0.2) is 17.9 Å². The number of hydrogen-bond donors (Lipinski definition) is 2. The second-order valence-corrected chi connectivity index (χ2v) is 10.3. The van der Waals surface area contributed by atoms with Crippen molar-refractivity contribution in [3.63, 3.8) is 0 Å². The zero-order valence-electron chi connectivity index (χ0n) is 18.6. The molecule has 0 bridgehead atoms. The summed E-state index contributed by atoms with van der Waals surface area (Å²) in [5.41, 5.74) is 1.53. The Morgan fingerprint density at radius 2 is 1.80 bits per heavy atom. The van der Waals surface area contributed by atoms with Crippen LogP contribution in [0.15, 0.2) is 58.6 Å². The van der Waals surface area contributed by atoms with Crippen molar-refractivity contribution >= 4 is 61.6 Å². The molecule has 3 aromatic rings. The Morgan fingerprint density at radius 1 is 1.03 bits per heavy atom. The number of benzene rings is 1. The first-order valence-corrected chi connectivity index (χ1v) is 13.6. The van der Waals surface area contributed by atoms with Crippen LogP contribution in [0.3, 0.4) is 0 Å². The molecule has 0 saturated heterocycles. The van der Waals surface area contributed by atoms with E-state index in [1.165, 1.54) is 17.4 Å². The van der Waals surface area contributed by atoms with Crippen LogP contribution in [0.2, 0.25) is 0 Å². The van der Waals surface area contributed by atoms with E-state index in [1.54, 1.807) is 42.6 Å². The van der Waals surface area contributed by atoms with Crippen molar-refractivity contribution in [3.8, 4) is 10.4 Å². The van der Waals surface area contributed by atoms with Crippen LogP contribution in [0.5, 0.6) is 0 Å². The number of anilines is 1. The molecule has 0 aliphatic carbocycles. The Labute approximate surface area is 210 Å². The van der Waals surface area contributed by atoms with Gasteiger partial charge in [0, 0.05) is 21.2 Å². The van der Waals surface area contributed by atoms with Crippen molar-refractivity contribution in [2.24, 2.45) is 0 Å². The minimum absolute atomic E-state index is 0.167. The Hall–Kier alpha value is -3.32. The van der Waals surface area contributed by atoms with Crippen molar-refractivity contribution in [3.05, 3.63) is 69.8 Å². The third kappa shape index (κ3) is 7.86. The first-order valence-electron chi connectivity index (χ1n) is 10.3. The first kappa shape index (κ1) is 26.3. The minimum atomic E-state index is -3.88. The molecule has 0 unspecified atom stereocenters.